The fourth-order valence-electron chi connectivity index (χ4n) is 4.64. The summed E-state index contributed by atoms with van der Waals surface area (Å²) in [5, 5.41) is 5.35. The van der Waals surface area contributed by atoms with Gasteiger partial charge in [0.15, 0.2) is 5.65 Å². The number of hydrogen-bond donors (Lipinski definition) is 0. The number of nitrogens with zero attached hydrogens (tertiary/aromatic N) is 6. The average molecular weight is 439 g/mol. The molecule has 0 aliphatic carbocycles. The summed E-state index contributed by atoms with van der Waals surface area (Å²) in [4.78, 5) is 24.8. The molecule has 162 valence electrons. The standard InChI is InChI=1S/C23H27ClN6O/c1-15-21(24)16(2)30-22(25-15)18-13-29(14-19(18)26-30)23(31)17-7-4-5-8-20(17)28-10-6-9-27(3)11-12-28/h4-5,7-8H,6,9-14H2,1-3H3. The Morgan fingerprint density at radius 3 is 2.71 bits per heavy atom. The quantitative estimate of drug-likeness (QED) is 0.614. The second kappa shape index (κ2) is 7.80. The molecule has 2 aliphatic heterocycles. The van der Waals surface area contributed by atoms with Crippen LogP contribution in [0.5, 0.6) is 0 Å². The van der Waals surface area contributed by atoms with Crippen LogP contribution < -0.4 is 4.90 Å². The number of aromatic nitrogens is 3. The molecule has 3 aromatic rings. The lowest BCUT2D eigenvalue weighted by Gasteiger charge is -2.26. The molecule has 1 saturated heterocycles. The van der Waals surface area contributed by atoms with Crippen molar-refractivity contribution in [3.63, 3.8) is 0 Å². The number of rotatable bonds is 2. The minimum absolute atomic E-state index is 0.0479. The molecule has 0 unspecified atom stereocenters. The maximum Gasteiger partial charge on any atom is 0.256 e. The summed E-state index contributed by atoms with van der Waals surface area (Å²) in [5.74, 6) is 0.0479. The Kier molecular flexibility index (Phi) is 5.10. The van der Waals surface area contributed by atoms with Crippen molar-refractivity contribution < 1.29 is 4.79 Å². The van der Waals surface area contributed by atoms with Crippen molar-refractivity contribution in [1.29, 1.82) is 0 Å². The minimum Gasteiger partial charge on any atom is -0.370 e. The van der Waals surface area contributed by atoms with Gasteiger partial charge in [0.1, 0.15) is 0 Å². The van der Waals surface area contributed by atoms with Gasteiger partial charge in [0.2, 0.25) is 0 Å². The summed E-state index contributed by atoms with van der Waals surface area (Å²) < 4.78 is 1.81. The van der Waals surface area contributed by atoms with Crippen molar-refractivity contribution in [2.75, 3.05) is 38.1 Å². The molecule has 2 aromatic heterocycles. The molecule has 0 N–H and O–H groups in total. The first kappa shape index (κ1) is 20.3. The van der Waals surface area contributed by atoms with Crippen LogP contribution in [-0.2, 0) is 13.1 Å². The molecule has 0 radical (unpaired) electrons. The number of amides is 1. The minimum atomic E-state index is 0.0479. The van der Waals surface area contributed by atoms with E-state index in [1.54, 1.807) is 0 Å². The second-order valence-corrected chi connectivity index (χ2v) is 8.96. The van der Waals surface area contributed by atoms with Crippen LogP contribution in [0, 0.1) is 13.8 Å². The van der Waals surface area contributed by atoms with Crippen LogP contribution in [0.1, 0.15) is 39.4 Å². The number of fused-ring (bicyclic) bond motifs is 3. The molecule has 7 nitrogen and oxygen atoms in total. The van der Waals surface area contributed by atoms with Crippen LogP contribution in [0.15, 0.2) is 24.3 Å². The van der Waals surface area contributed by atoms with Gasteiger partial charge in [-0.05, 0) is 46.0 Å². The van der Waals surface area contributed by atoms with Gasteiger partial charge in [-0.1, -0.05) is 23.7 Å². The Bertz CT molecular complexity index is 1170. The van der Waals surface area contributed by atoms with Crippen LogP contribution in [-0.4, -0.2) is 63.5 Å². The van der Waals surface area contributed by atoms with Gasteiger partial charge in [-0.25, -0.2) is 9.50 Å². The summed E-state index contributed by atoms with van der Waals surface area (Å²) in [6.07, 6.45) is 1.10. The molecule has 4 heterocycles. The lowest BCUT2D eigenvalue weighted by atomic mass is 10.1. The highest BCUT2D eigenvalue weighted by Gasteiger charge is 2.32. The predicted molar refractivity (Wildman–Crippen MR) is 122 cm³/mol. The van der Waals surface area contributed by atoms with Crippen molar-refractivity contribution in [2.45, 2.75) is 33.4 Å². The van der Waals surface area contributed by atoms with Gasteiger partial charge in [0, 0.05) is 30.9 Å². The third-order valence-electron chi connectivity index (χ3n) is 6.44. The Morgan fingerprint density at radius 2 is 1.87 bits per heavy atom. The molecule has 0 bridgehead atoms. The average Bonchev–Trinajstić information content (AvgIpc) is 3.25. The van der Waals surface area contributed by atoms with Crippen LogP contribution in [0.4, 0.5) is 5.69 Å². The zero-order valence-corrected chi connectivity index (χ0v) is 19.0. The highest BCUT2D eigenvalue weighted by molar-refractivity contribution is 6.31. The van der Waals surface area contributed by atoms with Crippen LogP contribution in [0.3, 0.4) is 0 Å². The first-order valence-corrected chi connectivity index (χ1v) is 11.2. The second-order valence-electron chi connectivity index (χ2n) is 8.58. The van der Waals surface area contributed by atoms with Gasteiger partial charge in [-0.15, -0.1) is 0 Å². The summed E-state index contributed by atoms with van der Waals surface area (Å²) in [7, 11) is 2.15. The van der Waals surface area contributed by atoms with E-state index in [0.717, 1.165) is 72.1 Å². The number of benzene rings is 1. The predicted octanol–water partition coefficient (Wildman–Crippen LogP) is 3.30. The molecule has 1 fully saturated rings. The smallest absolute Gasteiger partial charge is 0.256 e. The van der Waals surface area contributed by atoms with Crippen LogP contribution >= 0.6 is 11.6 Å². The summed E-state index contributed by atoms with van der Waals surface area (Å²) >= 11 is 6.35. The fourth-order valence-corrected chi connectivity index (χ4v) is 4.77. The highest BCUT2D eigenvalue weighted by Crippen LogP contribution is 2.31. The number of likely N-dealkylation sites (N-methyl/N-ethyl adjacent to an activating group) is 1. The van der Waals surface area contributed by atoms with Gasteiger partial charge in [0.05, 0.1) is 40.8 Å². The third kappa shape index (κ3) is 3.46. The molecule has 0 saturated carbocycles. The van der Waals surface area contributed by atoms with Gasteiger partial charge < -0.3 is 14.7 Å². The maximum absolute atomic E-state index is 13.6. The van der Waals surface area contributed by atoms with Gasteiger partial charge in [-0.2, -0.15) is 5.10 Å². The molecular formula is C23H27ClN6O. The van der Waals surface area contributed by atoms with E-state index < -0.39 is 0 Å². The van der Waals surface area contributed by atoms with E-state index in [4.69, 9.17) is 16.7 Å². The van der Waals surface area contributed by atoms with Gasteiger partial charge >= 0.3 is 0 Å². The maximum atomic E-state index is 13.6. The number of halogens is 1. The SMILES string of the molecule is Cc1nc2c3c(nn2c(C)c1Cl)CN(C(=O)c1ccccc1N1CCCN(C)CC1)C3. The highest BCUT2D eigenvalue weighted by atomic mass is 35.5. The van der Waals surface area contributed by atoms with E-state index in [1.165, 1.54) is 0 Å². The molecule has 5 rings (SSSR count). The molecule has 1 amide bonds. The number of carbonyl (C=O) groups is 1. The number of anilines is 1. The van der Waals surface area contributed by atoms with E-state index >= 15 is 0 Å². The molecule has 2 aliphatic rings. The fraction of sp³-hybridized carbons (Fsp3) is 0.435. The monoisotopic (exact) mass is 438 g/mol. The number of hydrogen-bond acceptors (Lipinski definition) is 5. The third-order valence-corrected chi connectivity index (χ3v) is 6.98. The van der Waals surface area contributed by atoms with Crippen molar-refractivity contribution in [3.8, 4) is 0 Å². The Morgan fingerprint density at radius 1 is 1.06 bits per heavy atom. The zero-order valence-electron chi connectivity index (χ0n) is 18.2. The Balaban J connectivity index is 1.44. The van der Waals surface area contributed by atoms with Crippen molar-refractivity contribution in [2.24, 2.45) is 0 Å². The van der Waals surface area contributed by atoms with Gasteiger partial charge in [-0.3, -0.25) is 4.79 Å². The lowest BCUT2D eigenvalue weighted by Crippen LogP contribution is -2.32. The molecule has 31 heavy (non-hydrogen) atoms. The summed E-state index contributed by atoms with van der Waals surface area (Å²) in [6, 6.07) is 7.98. The van der Waals surface area contributed by atoms with E-state index in [9.17, 15) is 4.79 Å². The number of carbonyl (C=O) groups excluding carboxylic acids is 1. The van der Waals surface area contributed by atoms with Crippen molar-refractivity contribution in [3.05, 3.63) is 57.5 Å². The summed E-state index contributed by atoms with van der Waals surface area (Å²) in [5.41, 5.74) is 6.18. The molecule has 8 heteroatoms. The normalized spacial score (nSPS) is 17.3. The number of para-hydroxylation sites is 1. The Hall–Kier alpha value is -2.64. The first-order chi connectivity index (χ1) is 14.9. The van der Waals surface area contributed by atoms with Crippen LogP contribution in [0.25, 0.3) is 5.65 Å². The molecule has 0 atom stereocenters. The molecule has 1 aromatic carbocycles. The van der Waals surface area contributed by atoms with E-state index in [-0.39, 0.29) is 5.91 Å². The van der Waals surface area contributed by atoms with Crippen LogP contribution in [0.2, 0.25) is 5.02 Å². The largest absolute Gasteiger partial charge is 0.370 e. The van der Waals surface area contributed by atoms with E-state index in [0.29, 0.717) is 18.1 Å². The van der Waals surface area contributed by atoms with E-state index in [1.807, 2.05) is 41.5 Å². The zero-order chi connectivity index (χ0) is 21.7. The summed E-state index contributed by atoms with van der Waals surface area (Å²) in [6.45, 7) is 8.84. The van der Waals surface area contributed by atoms with Gasteiger partial charge in [0.25, 0.3) is 5.91 Å². The first-order valence-electron chi connectivity index (χ1n) is 10.8. The lowest BCUT2D eigenvalue weighted by molar-refractivity contribution is 0.0750. The Labute approximate surface area is 187 Å². The topological polar surface area (TPSA) is 57.0 Å². The van der Waals surface area contributed by atoms with Crippen molar-refractivity contribution in [1.82, 2.24) is 24.4 Å². The number of aryl methyl sites for hydroxylation is 2. The molecular weight excluding hydrogens is 412 g/mol. The van der Waals surface area contributed by atoms with E-state index in [2.05, 4.69) is 27.9 Å². The van der Waals surface area contributed by atoms with Crippen molar-refractivity contribution >= 4 is 28.8 Å². The molecule has 0 spiro atoms.